The number of aliphatic hydroxyl groups is 3. The number of rotatable bonds is 24. The zero-order valence-electron chi connectivity index (χ0n) is 47.0. The number of alkyl carbamates (subject to hydrolysis) is 1. The van der Waals surface area contributed by atoms with Gasteiger partial charge in [-0.3, -0.25) is 20.4 Å². The van der Waals surface area contributed by atoms with E-state index in [1.165, 1.54) is 24.7 Å². The van der Waals surface area contributed by atoms with Gasteiger partial charge in [0.1, 0.15) is 24.5 Å². The largest absolute Gasteiger partial charge is 0.453 e. The Bertz CT molecular complexity index is 2050. The Hall–Kier alpha value is -2.21. The van der Waals surface area contributed by atoms with Crippen molar-refractivity contribution in [1.29, 1.82) is 0 Å². The third kappa shape index (κ3) is 13.2. The Morgan fingerprint density at radius 1 is 1.07 bits per heavy atom. The van der Waals surface area contributed by atoms with Crippen molar-refractivity contribution in [2.75, 3.05) is 53.6 Å². The molecular weight excluding hydrogens is 992 g/mol. The van der Waals surface area contributed by atoms with Crippen LogP contribution >= 0.6 is 11.8 Å². The lowest BCUT2D eigenvalue weighted by molar-refractivity contribution is -0.176. The molecule has 0 aromatic heterocycles. The molecule has 0 aromatic carbocycles. The minimum atomic E-state index is -1.20. The van der Waals surface area contributed by atoms with E-state index >= 15 is 4.39 Å². The molecular formula is C57H97FN8O9S. The maximum Gasteiger partial charge on any atom is 0.407 e. The topological polar surface area (TPSA) is 231 Å². The normalized spacial score (nSPS) is 35.1. The monoisotopic (exact) mass is 1090 g/mol. The molecule has 8 unspecified atom stereocenters. The summed E-state index contributed by atoms with van der Waals surface area (Å²) in [6.07, 6.45) is 13.5. The van der Waals surface area contributed by atoms with Crippen molar-refractivity contribution >= 4 is 17.9 Å². The number of amides is 1. The first-order chi connectivity index (χ1) is 36.3. The van der Waals surface area contributed by atoms with Crippen molar-refractivity contribution in [3.63, 3.8) is 0 Å². The number of fused-ring (bicyclic) bond motifs is 6. The Kier molecular flexibility index (Phi) is 20.6. The fraction of sp³-hybridized carbons (Fsp3) is 0.842. The number of ether oxygens (including phenoxy) is 5. The van der Waals surface area contributed by atoms with Gasteiger partial charge in [0, 0.05) is 73.3 Å². The predicted octanol–water partition coefficient (Wildman–Crippen LogP) is 5.52. The number of likely N-dealkylation sites (tertiary alicyclic amines) is 1. The van der Waals surface area contributed by atoms with Gasteiger partial charge in [-0.25, -0.2) is 9.18 Å². The van der Waals surface area contributed by atoms with Crippen LogP contribution < -0.4 is 32.7 Å². The highest BCUT2D eigenvalue weighted by Gasteiger charge is 2.58. The first-order valence-electron chi connectivity index (χ1n) is 29.0. The molecule has 76 heavy (non-hydrogen) atoms. The fourth-order valence-corrected chi connectivity index (χ4v) is 16.3. The second-order valence-electron chi connectivity index (χ2n) is 24.7. The lowest BCUT2D eigenvalue weighted by atomic mass is 9.65. The molecule has 0 radical (unpaired) electrons. The van der Waals surface area contributed by atoms with Gasteiger partial charge in [0.25, 0.3) is 0 Å². The van der Waals surface area contributed by atoms with Gasteiger partial charge in [-0.2, -0.15) is 0 Å². The van der Waals surface area contributed by atoms with E-state index in [0.29, 0.717) is 43.8 Å². The van der Waals surface area contributed by atoms with E-state index in [-0.39, 0.29) is 89.7 Å². The maximum atomic E-state index is 17.4. The fourth-order valence-electron chi connectivity index (χ4n) is 14.9. The Morgan fingerprint density at radius 3 is 2.54 bits per heavy atom. The zero-order valence-corrected chi connectivity index (χ0v) is 47.8. The summed E-state index contributed by atoms with van der Waals surface area (Å²) in [6.45, 7) is 20.5. The second kappa shape index (κ2) is 26.1. The molecule has 8 aliphatic rings. The standard InChI is InChI=1S/C57H97FN8O9S/c1-10-57(7,19-13-20-61-51(67)50(64-55(70)72-9)35-18-23-74-56(5,6)29-35)38(30-59)34-16-17-42-37(24-34)26-43-48-39(58)25-36(27-45(48)75-53(66(42)43)47-28-44-46(76-47)15-12-22-73-44)40(31-60)62-33(4)41-14-11-21-65(41)52(68)49(32(2)3)63-54(69)71-8/h16,25,28,32,35-38,40-46,48-53,55,61-62,64,67-68,70H,4,10-15,17-24,26-27,29-31,59-60H2,1-3,5-9H3,(H,63,69)/t35?,36-,37+,38+,40?,41+,42+,43?,44+,45?,46?,48-,49+,50+,51-,52+,53?,55?,57?/m1/s1. The number of thioether (sulfide) groups is 1. The average Bonchev–Trinajstić information content (AvgIpc) is 4.20. The van der Waals surface area contributed by atoms with Crippen LogP contribution in [0.2, 0.25) is 0 Å². The molecule has 17 nitrogen and oxygen atoms in total. The molecule has 19 heteroatoms. The predicted molar refractivity (Wildman–Crippen MR) is 295 cm³/mol. The van der Waals surface area contributed by atoms with Crippen LogP contribution in [0.3, 0.4) is 0 Å². The minimum Gasteiger partial charge on any atom is -0.453 e. The second-order valence-corrected chi connectivity index (χ2v) is 26.0. The van der Waals surface area contributed by atoms with Crippen molar-refractivity contribution in [2.24, 2.45) is 52.4 Å². The van der Waals surface area contributed by atoms with Gasteiger partial charge in [0.2, 0.25) is 6.41 Å². The van der Waals surface area contributed by atoms with Gasteiger partial charge in [0.15, 0.2) is 0 Å². The number of halogens is 1. The molecule has 5 saturated heterocycles. The Morgan fingerprint density at radius 2 is 1.86 bits per heavy atom. The summed E-state index contributed by atoms with van der Waals surface area (Å²) in [5.41, 5.74) is 15.1. The first-order valence-corrected chi connectivity index (χ1v) is 29.9. The SMILES string of the molecule is C=C(NC(CN)[C@@H]1C=C(F)[C@H]2C(C1)OC(C1=C[C@@H]3OCCCC3S1)N1C2C[C@@H]2CC([C@H](CN)C(C)(CC)CCCN[C@H](O)[C@@H](NC(O)OC)C3CCOC(C)(C)C3)=CC[C@@H]21)[C@@H]1CCCN1[C@@H](O)[C@@H](NC(=O)OC)C(C)C. The van der Waals surface area contributed by atoms with Crippen LogP contribution in [0.1, 0.15) is 125 Å². The molecule has 432 valence electrons. The Labute approximate surface area is 457 Å². The summed E-state index contributed by atoms with van der Waals surface area (Å²) in [7, 11) is 2.75. The molecule has 5 fully saturated rings. The van der Waals surface area contributed by atoms with Gasteiger partial charge in [-0.15, -0.1) is 11.8 Å². The summed E-state index contributed by atoms with van der Waals surface area (Å²) in [4.78, 5) is 18.0. The number of carbonyl (C=O) groups excluding carboxylic acids is 1. The average molecular weight is 1090 g/mol. The number of hydrogen-bond acceptors (Lipinski definition) is 17. The third-order valence-corrected chi connectivity index (χ3v) is 20.6. The molecule has 0 bridgehead atoms. The summed E-state index contributed by atoms with van der Waals surface area (Å²) < 4.78 is 47.0. The van der Waals surface area contributed by atoms with Crippen molar-refractivity contribution in [3.8, 4) is 0 Å². The lowest BCUT2D eigenvalue weighted by Gasteiger charge is -2.51. The van der Waals surface area contributed by atoms with Gasteiger partial charge in [-0.1, -0.05) is 52.3 Å². The van der Waals surface area contributed by atoms with E-state index in [4.69, 9.17) is 35.2 Å². The van der Waals surface area contributed by atoms with Crippen molar-refractivity contribution in [3.05, 3.63) is 46.8 Å². The number of nitrogens with one attached hydrogen (secondary N) is 4. The smallest absolute Gasteiger partial charge is 0.407 e. The van der Waals surface area contributed by atoms with Crippen molar-refractivity contribution in [2.45, 2.75) is 209 Å². The van der Waals surface area contributed by atoms with Crippen LogP contribution in [0.15, 0.2) is 46.8 Å². The van der Waals surface area contributed by atoms with E-state index in [9.17, 15) is 20.1 Å². The van der Waals surface area contributed by atoms with Gasteiger partial charge in [-0.05, 0) is 145 Å². The number of carbonyl (C=O) groups is 1. The number of nitrogens with two attached hydrogens (primary N) is 2. The molecule has 0 saturated carbocycles. The number of hydrogen-bond donors (Lipinski definition) is 9. The molecule has 8 rings (SSSR count). The number of nitrogens with zero attached hydrogens (tertiary/aromatic N) is 2. The highest BCUT2D eigenvalue weighted by molar-refractivity contribution is 8.04. The molecule has 19 atom stereocenters. The van der Waals surface area contributed by atoms with E-state index < -0.39 is 43.0 Å². The number of aliphatic hydroxyl groups excluding tert-OH is 3. The van der Waals surface area contributed by atoms with E-state index in [0.717, 1.165) is 89.4 Å². The zero-order chi connectivity index (χ0) is 54.6. The van der Waals surface area contributed by atoms with E-state index in [1.807, 2.05) is 36.6 Å². The molecule has 6 aliphatic heterocycles. The van der Waals surface area contributed by atoms with Gasteiger partial charge >= 0.3 is 6.09 Å². The quantitative estimate of drug-likeness (QED) is 0.0329. The van der Waals surface area contributed by atoms with Crippen LogP contribution in [-0.4, -0.2) is 169 Å². The first kappa shape index (κ1) is 59.9. The molecule has 1 amide bonds. The lowest BCUT2D eigenvalue weighted by Crippen LogP contribution is -2.60. The maximum absolute atomic E-state index is 17.4. The van der Waals surface area contributed by atoms with Crippen molar-refractivity contribution < 1.29 is 48.2 Å². The summed E-state index contributed by atoms with van der Waals surface area (Å²) in [5.74, 6) is -0.309. The van der Waals surface area contributed by atoms with Crippen LogP contribution in [0.4, 0.5) is 9.18 Å². The molecule has 11 N–H and O–H groups in total. The molecule has 0 aromatic rings. The van der Waals surface area contributed by atoms with Crippen LogP contribution in [0, 0.1) is 40.9 Å². The van der Waals surface area contributed by atoms with Crippen molar-refractivity contribution in [1.82, 2.24) is 31.1 Å². The van der Waals surface area contributed by atoms with E-state index in [2.05, 4.69) is 72.6 Å². The summed E-state index contributed by atoms with van der Waals surface area (Å²) >= 11 is 1.90. The van der Waals surface area contributed by atoms with Crippen LogP contribution in [0.5, 0.6) is 0 Å². The highest BCUT2D eigenvalue weighted by Crippen LogP contribution is 2.56. The van der Waals surface area contributed by atoms with Crippen LogP contribution in [-0.2, 0) is 23.7 Å². The molecule has 2 aliphatic carbocycles. The Balaban J connectivity index is 0.958. The van der Waals surface area contributed by atoms with E-state index in [1.54, 1.807) is 0 Å². The summed E-state index contributed by atoms with van der Waals surface area (Å²) in [6, 6.07) is -1.38. The third-order valence-electron chi connectivity index (χ3n) is 19.2. The van der Waals surface area contributed by atoms with Crippen LogP contribution in [0.25, 0.3) is 0 Å². The highest BCUT2D eigenvalue weighted by atomic mass is 32.2. The number of methoxy groups -OCH3 is 2. The van der Waals surface area contributed by atoms with Gasteiger partial charge < -0.3 is 61.1 Å². The molecule has 0 spiro atoms. The van der Waals surface area contributed by atoms with Gasteiger partial charge in [0.05, 0.1) is 49.0 Å². The molecule has 6 heterocycles. The minimum absolute atomic E-state index is 0.0454. The summed E-state index contributed by atoms with van der Waals surface area (Å²) in [5, 5.41) is 46.9.